The number of rotatable bonds is 3. The number of amidine groups is 1. The van der Waals surface area contributed by atoms with Crippen LogP contribution in [0, 0.1) is 0 Å². The summed E-state index contributed by atoms with van der Waals surface area (Å²) in [5.41, 5.74) is 1.20. The van der Waals surface area contributed by atoms with Gasteiger partial charge >= 0.3 is 0 Å². The molecule has 0 radical (unpaired) electrons. The average molecular weight is 313 g/mol. The summed E-state index contributed by atoms with van der Waals surface area (Å²) >= 11 is 6.29. The fourth-order valence-electron chi connectivity index (χ4n) is 2.06. The second kappa shape index (κ2) is 7.36. The molecule has 0 aliphatic rings. The van der Waals surface area contributed by atoms with Gasteiger partial charge in [-0.3, -0.25) is 4.99 Å². The molecule has 0 aliphatic heterocycles. The van der Waals surface area contributed by atoms with Crippen LogP contribution in [0.5, 0.6) is 5.75 Å². The fourth-order valence-corrected chi connectivity index (χ4v) is 2.37. The molecule has 2 aromatic rings. The number of hydrogen-bond donors (Lipinski definition) is 1. The Morgan fingerprint density at radius 1 is 1.30 bits per heavy atom. The molecule has 108 valence electrons. The Labute approximate surface area is 130 Å². The zero-order valence-electron chi connectivity index (χ0n) is 11.7. The van der Waals surface area contributed by atoms with Crippen LogP contribution in [0.4, 0.5) is 0 Å². The van der Waals surface area contributed by atoms with Crippen LogP contribution < -0.4 is 10.1 Å². The largest absolute Gasteiger partial charge is 0.495 e. The third-order valence-electron chi connectivity index (χ3n) is 3.13. The van der Waals surface area contributed by atoms with Crippen LogP contribution in [0.25, 0.3) is 10.8 Å². The van der Waals surface area contributed by atoms with E-state index in [0.717, 1.165) is 23.0 Å². The van der Waals surface area contributed by atoms with Crippen LogP contribution in [0.1, 0.15) is 5.56 Å². The van der Waals surface area contributed by atoms with E-state index in [1.54, 1.807) is 14.2 Å². The second-order valence-electron chi connectivity index (χ2n) is 4.23. The molecule has 1 N–H and O–H groups in total. The van der Waals surface area contributed by atoms with Gasteiger partial charge in [-0.2, -0.15) is 0 Å². The third kappa shape index (κ3) is 3.35. The molecule has 0 unspecified atom stereocenters. The molecule has 0 amide bonds. The van der Waals surface area contributed by atoms with Crippen LogP contribution in [-0.2, 0) is 6.42 Å². The second-order valence-corrected chi connectivity index (χ2v) is 4.61. The van der Waals surface area contributed by atoms with Gasteiger partial charge in [0.05, 0.1) is 12.1 Å². The molecule has 0 heterocycles. The summed E-state index contributed by atoms with van der Waals surface area (Å²) in [5, 5.41) is 5.85. The van der Waals surface area contributed by atoms with Gasteiger partial charge in [0.25, 0.3) is 0 Å². The molecule has 2 aromatic carbocycles. The first kappa shape index (κ1) is 16.6. The number of aliphatic imine (C=N–C) groups is 1. The van der Waals surface area contributed by atoms with Crippen molar-refractivity contribution < 1.29 is 4.74 Å². The van der Waals surface area contributed by atoms with Gasteiger partial charge in [0.1, 0.15) is 11.6 Å². The molecular formula is C15H18Cl2N2O. The van der Waals surface area contributed by atoms with E-state index >= 15 is 0 Å². The highest BCUT2D eigenvalue weighted by atomic mass is 35.5. The molecule has 0 saturated carbocycles. The van der Waals surface area contributed by atoms with Gasteiger partial charge in [-0.25, -0.2) is 0 Å². The van der Waals surface area contributed by atoms with Gasteiger partial charge in [0, 0.05) is 25.9 Å². The summed E-state index contributed by atoms with van der Waals surface area (Å²) in [6, 6.07) is 10.1. The number of ether oxygens (including phenoxy) is 1. The van der Waals surface area contributed by atoms with Crippen molar-refractivity contribution in [3.63, 3.8) is 0 Å². The number of hydrogen-bond acceptors (Lipinski definition) is 2. The Balaban J connectivity index is 0.00000200. The van der Waals surface area contributed by atoms with E-state index in [1.165, 1.54) is 5.56 Å². The van der Waals surface area contributed by atoms with Crippen molar-refractivity contribution >= 4 is 40.6 Å². The lowest BCUT2D eigenvalue weighted by Gasteiger charge is -2.09. The predicted octanol–water partition coefficient (Wildman–Crippen LogP) is 3.71. The molecular weight excluding hydrogens is 295 g/mol. The highest BCUT2D eigenvalue weighted by molar-refractivity contribution is 6.37. The molecule has 0 bridgehead atoms. The SMILES string of the molecule is CN=C(Cc1ccc2c(Cl)c(OC)ccc2c1)NC.Cl. The number of halogens is 2. The van der Waals surface area contributed by atoms with Gasteiger partial charge in [0.15, 0.2) is 0 Å². The average Bonchev–Trinajstić information content (AvgIpc) is 2.45. The predicted molar refractivity (Wildman–Crippen MR) is 88.9 cm³/mol. The Hall–Kier alpha value is -1.45. The lowest BCUT2D eigenvalue weighted by atomic mass is 10.0. The van der Waals surface area contributed by atoms with Crippen molar-refractivity contribution in [3.8, 4) is 5.75 Å². The lowest BCUT2D eigenvalue weighted by Crippen LogP contribution is -2.20. The van der Waals surface area contributed by atoms with Gasteiger partial charge in [0.2, 0.25) is 0 Å². The topological polar surface area (TPSA) is 33.6 Å². The van der Waals surface area contributed by atoms with E-state index in [4.69, 9.17) is 16.3 Å². The molecule has 2 rings (SSSR count). The number of fused-ring (bicyclic) bond motifs is 1. The summed E-state index contributed by atoms with van der Waals surface area (Å²) in [7, 11) is 5.29. The number of likely N-dealkylation sites (N-methyl/N-ethyl adjacent to an activating group) is 1. The first-order chi connectivity index (χ1) is 9.19. The van der Waals surface area contributed by atoms with Crippen molar-refractivity contribution in [2.24, 2.45) is 4.99 Å². The van der Waals surface area contributed by atoms with E-state index in [1.807, 2.05) is 25.2 Å². The smallest absolute Gasteiger partial charge is 0.138 e. The van der Waals surface area contributed by atoms with E-state index < -0.39 is 0 Å². The summed E-state index contributed by atoms with van der Waals surface area (Å²) < 4.78 is 5.22. The number of methoxy groups -OCH3 is 1. The van der Waals surface area contributed by atoms with Crippen LogP contribution >= 0.6 is 24.0 Å². The van der Waals surface area contributed by atoms with E-state index in [2.05, 4.69) is 22.4 Å². The molecule has 0 fully saturated rings. The Bertz CT molecular complexity index is 627. The summed E-state index contributed by atoms with van der Waals surface area (Å²) in [4.78, 5) is 4.19. The summed E-state index contributed by atoms with van der Waals surface area (Å²) in [6.45, 7) is 0. The maximum Gasteiger partial charge on any atom is 0.138 e. The maximum absolute atomic E-state index is 6.29. The number of nitrogens with zero attached hydrogens (tertiary/aromatic N) is 1. The molecule has 0 aromatic heterocycles. The number of benzene rings is 2. The van der Waals surface area contributed by atoms with Gasteiger partial charge in [-0.1, -0.05) is 35.9 Å². The summed E-state index contributed by atoms with van der Waals surface area (Å²) in [6.07, 6.45) is 0.784. The zero-order chi connectivity index (χ0) is 13.8. The quantitative estimate of drug-likeness (QED) is 0.692. The number of nitrogens with one attached hydrogen (secondary N) is 1. The Kier molecular flexibility index (Phi) is 6.11. The standard InChI is InChI=1S/C15H17ClN2O.ClH/c1-17-14(18-2)9-10-4-6-12-11(8-10)5-7-13(19-3)15(12)16;/h4-8H,9H2,1-3H3,(H,17,18);1H. The molecule has 20 heavy (non-hydrogen) atoms. The van der Waals surface area contributed by atoms with Crippen molar-refractivity contribution in [1.82, 2.24) is 5.32 Å². The molecule has 0 spiro atoms. The molecule has 5 heteroatoms. The summed E-state index contributed by atoms with van der Waals surface area (Å²) in [5.74, 6) is 1.66. The monoisotopic (exact) mass is 312 g/mol. The van der Waals surface area contributed by atoms with Crippen LogP contribution in [0.15, 0.2) is 35.3 Å². The highest BCUT2D eigenvalue weighted by Gasteiger charge is 2.07. The van der Waals surface area contributed by atoms with Gasteiger partial charge in [-0.15, -0.1) is 12.4 Å². The minimum Gasteiger partial charge on any atom is -0.495 e. The normalized spacial score (nSPS) is 11.1. The van der Waals surface area contributed by atoms with Crippen molar-refractivity contribution in [2.75, 3.05) is 21.2 Å². The molecule has 3 nitrogen and oxygen atoms in total. The van der Waals surface area contributed by atoms with Gasteiger partial charge in [-0.05, 0) is 17.0 Å². The lowest BCUT2D eigenvalue weighted by molar-refractivity contribution is 0.415. The van der Waals surface area contributed by atoms with Gasteiger partial charge < -0.3 is 10.1 Å². The minimum atomic E-state index is 0. The van der Waals surface area contributed by atoms with Crippen LogP contribution in [-0.4, -0.2) is 27.0 Å². The first-order valence-corrected chi connectivity index (χ1v) is 6.46. The van der Waals surface area contributed by atoms with E-state index in [9.17, 15) is 0 Å². The zero-order valence-corrected chi connectivity index (χ0v) is 13.3. The maximum atomic E-state index is 6.29. The Morgan fingerprint density at radius 2 is 2.05 bits per heavy atom. The van der Waals surface area contributed by atoms with Crippen molar-refractivity contribution in [1.29, 1.82) is 0 Å². The Morgan fingerprint density at radius 3 is 2.65 bits per heavy atom. The van der Waals surface area contributed by atoms with E-state index in [0.29, 0.717) is 10.8 Å². The van der Waals surface area contributed by atoms with Crippen LogP contribution in [0.3, 0.4) is 0 Å². The molecule has 0 aliphatic carbocycles. The van der Waals surface area contributed by atoms with Crippen LogP contribution in [0.2, 0.25) is 5.02 Å². The highest BCUT2D eigenvalue weighted by Crippen LogP contribution is 2.32. The molecule has 0 saturated heterocycles. The minimum absolute atomic E-state index is 0. The fraction of sp³-hybridized carbons (Fsp3) is 0.267. The van der Waals surface area contributed by atoms with Crippen molar-refractivity contribution in [3.05, 3.63) is 40.9 Å². The van der Waals surface area contributed by atoms with Crippen molar-refractivity contribution in [2.45, 2.75) is 6.42 Å². The first-order valence-electron chi connectivity index (χ1n) is 6.08. The molecule has 0 atom stereocenters. The van der Waals surface area contributed by atoms with E-state index in [-0.39, 0.29) is 12.4 Å². The third-order valence-corrected chi connectivity index (χ3v) is 3.52.